The molecule has 1 aliphatic rings. The number of thiophene rings is 2. The van der Waals surface area contributed by atoms with Gasteiger partial charge in [-0.2, -0.15) is 0 Å². The number of benzene rings is 3. The molecule has 4 amide bonds. The van der Waals surface area contributed by atoms with Gasteiger partial charge in [-0.25, -0.2) is 19.6 Å². The van der Waals surface area contributed by atoms with E-state index in [1.54, 1.807) is 39.5 Å². The maximum absolute atomic E-state index is 14.1. The highest BCUT2D eigenvalue weighted by Crippen LogP contribution is 2.45. The third kappa shape index (κ3) is 8.52. The van der Waals surface area contributed by atoms with E-state index >= 15 is 0 Å². The van der Waals surface area contributed by atoms with E-state index in [0.717, 1.165) is 40.4 Å². The van der Waals surface area contributed by atoms with Crippen LogP contribution in [0.5, 0.6) is 0 Å². The molecule has 63 heavy (non-hydrogen) atoms. The van der Waals surface area contributed by atoms with Gasteiger partial charge in [-0.3, -0.25) is 9.59 Å². The molecule has 4 N–H and O–H groups in total. The predicted octanol–water partition coefficient (Wildman–Crippen LogP) is 9.67. The highest BCUT2D eigenvalue weighted by molar-refractivity contribution is 7.24. The molecular weight excluding hydrogens is 837 g/mol. The highest BCUT2D eigenvalue weighted by atomic mass is 32.1. The fourth-order valence-corrected chi connectivity index (χ4v) is 10.9. The zero-order chi connectivity index (χ0) is 44.4. The van der Waals surface area contributed by atoms with Gasteiger partial charge in [0.15, 0.2) is 0 Å². The molecule has 8 rings (SSSR count). The van der Waals surface area contributed by atoms with Gasteiger partial charge in [-0.15, -0.1) is 22.7 Å². The summed E-state index contributed by atoms with van der Waals surface area (Å²) in [6.45, 7) is 6.94. The number of hydrogen-bond acceptors (Lipinski definition) is 10. The molecule has 16 heteroatoms. The molecule has 4 atom stereocenters. The molecule has 0 radical (unpaired) electrons. The van der Waals surface area contributed by atoms with Crippen LogP contribution >= 0.6 is 22.7 Å². The Labute approximate surface area is 373 Å². The van der Waals surface area contributed by atoms with Crippen molar-refractivity contribution in [3.63, 3.8) is 0 Å². The number of imidazole rings is 2. The number of fused-ring (bicyclic) bond motifs is 2. The van der Waals surface area contributed by atoms with Crippen molar-refractivity contribution in [1.82, 2.24) is 40.4 Å². The maximum Gasteiger partial charge on any atom is 0.407 e. The molecule has 0 aliphatic carbocycles. The molecule has 326 valence electrons. The topological polar surface area (TPSA) is 175 Å². The molecule has 1 fully saturated rings. The van der Waals surface area contributed by atoms with Crippen LogP contribution in [0.15, 0.2) is 85.2 Å². The van der Waals surface area contributed by atoms with E-state index in [1.165, 1.54) is 45.5 Å². The van der Waals surface area contributed by atoms with Crippen molar-refractivity contribution >= 4 is 66.8 Å². The van der Waals surface area contributed by atoms with Crippen molar-refractivity contribution in [2.75, 3.05) is 27.8 Å². The number of likely N-dealkylation sites (N-methyl/N-ethyl adjacent to an activating group) is 1. The van der Waals surface area contributed by atoms with Gasteiger partial charge in [0.05, 0.1) is 59.8 Å². The zero-order valence-electron chi connectivity index (χ0n) is 36.0. The summed E-state index contributed by atoms with van der Waals surface area (Å²) in [4.78, 5) is 75.0. The second-order valence-electron chi connectivity index (χ2n) is 15.7. The number of ether oxygens (including phenoxy) is 2. The first-order valence-electron chi connectivity index (χ1n) is 20.9. The van der Waals surface area contributed by atoms with Crippen LogP contribution in [0.25, 0.3) is 41.3 Å². The first-order chi connectivity index (χ1) is 30.5. The maximum atomic E-state index is 14.1. The summed E-state index contributed by atoms with van der Waals surface area (Å²) < 4.78 is 12.1. The van der Waals surface area contributed by atoms with Crippen LogP contribution in [-0.2, 0) is 19.1 Å². The number of carbonyl (C=O) groups excluding carboxylic acids is 4. The Hall–Kier alpha value is -6.52. The number of H-pyrrole nitrogens is 2. The number of alkyl carbamates (subject to hydrolysis) is 2. The Balaban J connectivity index is 1.04. The third-order valence-corrected chi connectivity index (χ3v) is 14.5. The number of nitrogens with zero attached hydrogens (tertiary/aromatic N) is 4. The van der Waals surface area contributed by atoms with Crippen molar-refractivity contribution in [3.05, 3.63) is 119 Å². The number of likely N-dealkylation sites (tertiary alicyclic amines) is 1. The summed E-state index contributed by atoms with van der Waals surface area (Å²) in [6, 6.07) is 20.3. The normalized spacial score (nSPS) is 15.3. The monoisotopic (exact) mass is 886 g/mol. The molecule has 1 aliphatic heterocycles. The van der Waals surface area contributed by atoms with Gasteiger partial charge in [0, 0.05) is 23.0 Å². The fourth-order valence-electron chi connectivity index (χ4n) is 8.51. The number of methoxy groups -OCH3 is 2. The molecule has 0 spiro atoms. The van der Waals surface area contributed by atoms with Gasteiger partial charge < -0.3 is 39.9 Å². The highest BCUT2D eigenvalue weighted by Gasteiger charge is 2.37. The summed E-state index contributed by atoms with van der Waals surface area (Å²) in [5.41, 5.74) is 5.44. The van der Waals surface area contributed by atoms with Crippen LogP contribution in [0.3, 0.4) is 0 Å². The van der Waals surface area contributed by atoms with Gasteiger partial charge >= 0.3 is 12.2 Å². The number of nitrogens with one attached hydrogen (secondary N) is 4. The standard InChI is InChI=1S/C47H50N8O6S2/c1-7-15-34(54(4)44(56)38(52-46(58)60-5)28-16-10-8-11-17-28)42-48-24-32(50-42)36-22-30-26(2)41-31(27(3)40(30)62-36)23-37(63-41)33-25-49-43(51-33)35-20-14-21-55(35)45(57)39(53-47(59)61-6)29-18-12-9-13-19-29/h8-13,16-19,22-25,34-35,38-39H,7,14-15,20-21H2,1-6H3,(H,48,50)(H,49,51)(H,52,58)(H,53,59)/t34-,35-,38?,39?/m0/s1. The Morgan fingerprint density at radius 1 is 0.810 bits per heavy atom. The van der Waals surface area contributed by atoms with E-state index in [1.807, 2.05) is 73.1 Å². The van der Waals surface area contributed by atoms with Gasteiger partial charge in [0.1, 0.15) is 23.7 Å². The van der Waals surface area contributed by atoms with Crippen molar-refractivity contribution < 1.29 is 28.7 Å². The molecule has 5 heterocycles. The Morgan fingerprint density at radius 2 is 1.35 bits per heavy atom. The van der Waals surface area contributed by atoms with Crippen molar-refractivity contribution in [2.24, 2.45) is 0 Å². The number of aromatic nitrogens is 4. The average Bonchev–Trinajstić information content (AvgIpc) is 4.17. The average molecular weight is 887 g/mol. The molecule has 3 aromatic carbocycles. The first kappa shape index (κ1) is 43.1. The number of amides is 4. The smallest absolute Gasteiger partial charge is 0.407 e. The first-order valence-corrected chi connectivity index (χ1v) is 22.6. The largest absolute Gasteiger partial charge is 0.453 e. The molecule has 7 aromatic rings. The number of aryl methyl sites for hydroxylation is 2. The molecule has 14 nitrogen and oxygen atoms in total. The van der Waals surface area contributed by atoms with Gasteiger partial charge in [-0.05, 0) is 78.3 Å². The summed E-state index contributed by atoms with van der Waals surface area (Å²) in [6.07, 6.45) is 5.35. The lowest BCUT2D eigenvalue weighted by Gasteiger charge is -2.30. The molecular formula is C47H50N8O6S2. The lowest BCUT2D eigenvalue weighted by molar-refractivity contribution is -0.135. The lowest BCUT2D eigenvalue weighted by Crippen LogP contribution is -2.43. The number of hydrogen-bond donors (Lipinski definition) is 4. The Kier molecular flexibility index (Phi) is 12.6. The Morgan fingerprint density at radius 3 is 1.92 bits per heavy atom. The predicted molar refractivity (Wildman–Crippen MR) is 245 cm³/mol. The van der Waals surface area contributed by atoms with Crippen molar-refractivity contribution in [2.45, 2.75) is 70.6 Å². The van der Waals surface area contributed by atoms with Crippen LogP contribution in [-0.4, -0.2) is 81.5 Å². The van der Waals surface area contributed by atoms with Crippen LogP contribution in [0.2, 0.25) is 0 Å². The van der Waals surface area contributed by atoms with Gasteiger partial charge in [-0.1, -0.05) is 74.0 Å². The second-order valence-corrected chi connectivity index (χ2v) is 17.8. The molecule has 0 bridgehead atoms. The van der Waals surface area contributed by atoms with E-state index in [0.29, 0.717) is 35.7 Å². The van der Waals surface area contributed by atoms with Crippen molar-refractivity contribution in [3.8, 4) is 21.1 Å². The summed E-state index contributed by atoms with van der Waals surface area (Å²) >= 11 is 3.42. The molecule has 2 unspecified atom stereocenters. The SMILES string of the molecule is CCC[C@@H](c1ncc(-c2cc3c(C)c4sc(-c5cnc([C@@H]6CCCN6C(=O)C(NC(=O)OC)c6ccccc6)[nH]5)cc4c(C)c3s2)[nH]1)N(C)C(=O)C(NC(=O)OC)c1ccccc1. The van der Waals surface area contributed by atoms with Crippen LogP contribution in [0, 0.1) is 13.8 Å². The van der Waals surface area contributed by atoms with Gasteiger partial charge in [0.25, 0.3) is 5.91 Å². The fraction of sp³-hybridized carbons (Fsp3) is 0.319. The molecule has 1 saturated heterocycles. The van der Waals surface area contributed by atoms with E-state index in [9.17, 15) is 19.2 Å². The number of aromatic amines is 2. The summed E-state index contributed by atoms with van der Waals surface area (Å²) in [5, 5.41) is 7.78. The van der Waals surface area contributed by atoms with Crippen LogP contribution < -0.4 is 10.6 Å². The minimum absolute atomic E-state index is 0.212. The van der Waals surface area contributed by atoms with E-state index < -0.39 is 24.3 Å². The van der Waals surface area contributed by atoms with E-state index in [4.69, 9.17) is 19.4 Å². The lowest BCUT2D eigenvalue weighted by atomic mass is 10.0. The van der Waals surface area contributed by atoms with Gasteiger partial charge in [0.2, 0.25) is 5.91 Å². The Bertz CT molecular complexity index is 2720. The van der Waals surface area contributed by atoms with Crippen LogP contribution in [0.4, 0.5) is 9.59 Å². The quantitative estimate of drug-likeness (QED) is 0.0886. The third-order valence-electron chi connectivity index (χ3n) is 11.9. The summed E-state index contributed by atoms with van der Waals surface area (Å²) in [5.74, 6) is 0.888. The van der Waals surface area contributed by atoms with E-state index in [-0.39, 0.29) is 23.9 Å². The minimum atomic E-state index is -0.930. The summed E-state index contributed by atoms with van der Waals surface area (Å²) in [7, 11) is 4.31. The van der Waals surface area contributed by atoms with Crippen molar-refractivity contribution in [1.29, 1.82) is 0 Å². The number of rotatable bonds is 13. The van der Waals surface area contributed by atoms with E-state index in [2.05, 4.69) is 53.5 Å². The zero-order valence-corrected chi connectivity index (χ0v) is 37.6. The minimum Gasteiger partial charge on any atom is -0.453 e. The molecule has 4 aromatic heterocycles. The second kappa shape index (κ2) is 18.4. The number of carbonyl (C=O) groups is 4. The molecule has 0 saturated carbocycles. The van der Waals surface area contributed by atoms with Crippen LogP contribution in [0.1, 0.15) is 90.7 Å².